The molecule has 0 bridgehead atoms. The largest absolute Gasteiger partial charge is 0.328 e. The highest BCUT2D eigenvalue weighted by Gasteiger charge is 1.92. The molecule has 2 radical (unpaired) electrons. The van der Waals surface area contributed by atoms with Crippen molar-refractivity contribution in [3.63, 3.8) is 0 Å². The van der Waals surface area contributed by atoms with Crippen molar-refractivity contribution in [2.45, 2.75) is 26.8 Å². The van der Waals surface area contributed by atoms with Crippen LogP contribution in [0.2, 0.25) is 6.04 Å². The van der Waals surface area contributed by atoms with Gasteiger partial charge in [0, 0.05) is 0 Å². The zero-order valence-electron chi connectivity index (χ0n) is 7.44. The molecule has 0 spiro atoms. The second kappa shape index (κ2) is 5.68. The van der Waals surface area contributed by atoms with Crippen molar-refractivity contribution >= 4 is 9.68 Å². The van der Waals surface area contributed by atoms with E-state index in [-0.39, 0.29) is 0 Å². The first-order chi connectivity index (χ1) is 4.66. The first-order valence-electron chi connectivity index (χ1n) is 3.74. The molecule has 0 aliphatic heterocycles. The van der Waals surface area contributed by atoms with Crippen molar-refractivity contribution in [1.82, 2.24) is 4.57 Å². The lowest BCUT2D eigenvalue weighted by Crippen LogP contribution is -2.21. The molecule has 1 nitrogen and oxygen atoms in total. The molecule has 0 aromatic carbocycles. The minimum absolute atomic E-state index is 0.956. The molecule has 0 heterocycles. The summed E-state index contributed by atoms with van der Waals surface area (Å²) < 4.78 is 2.35. The van der Waals surface area contributed by atoms with E-state index in [0.29, 0.717) is 0 Å². The highest BCUT2D eigenvalue weighted by Crippen LogP contribution is 1.93. The van der Waals surface area contributed by atoms with Crippen LogP contribution in [0.3, 0.4) is 0 Å². The molecule has 0 fully saturated rings. The lowest BCUT2D eigenvalue weighted by atomic mass is 10.3. The van der Waals surface area contributed by atoms with Gasteiger partial charge in [-0.1, -0.05) is 18.6 Å². The third kappa shape index (κ3) is 6.04. The first kappa shape index (κ1) is 9.92. The lowest BCUT2D eigenvalue weighted by molar-refractivity contribution is 0.567. The van der Waals surface area contributed by atoms with Crippen molar-refractivity contribution < 1.29 is 0 Å². The zero-order valence-corrected chi connectivity index (χ0v) is 8.44. The summed E-state index contributed by atoms with van der Waals surface area (Å²) in [7, 11) is 3.12. The van der Waals surface area contributed by atoms with Crippen LogP contribution in [-0.4, -0.2) is 27.8 Å². The van der Waals surface area contributed by atoms with Crippen LogP contribution in [0.15, 0.2) is 11.6 Å². The van der Waals surface area contributed by atoms with Crippen LogP contribution in [0, 0.1) is 0 Å². The second-order valence-corrected chi connectivity index (χ2v) is 4.15. The summed E-state index contributed by atoms with van der Waals surface area (Å²) in [5, 5.41) is 0. The average molecular weight is 155 g/mol. The predicted molar refractivity (Wildman–Crippen MR) is 48.3 cm³/mol. The van der Waals surface area contributed by atoms with Gasteiger partial charge in [0.2, 0.25) is 0 Å². The highest BCUT2D eigenvalue weighted by atomic mass is 28.2. The Kier molecular flexibility index (Phi) is 5.64. The summed E-state index contributed by atoms with van der Waals surface area (Å²) in [5.74, 6) is 0. The van der Waals surface area contributed by atoms with Gasteiger partial charge in [-0.2, -0.15) is 0 Å². The Balaban J connectivity index is 3.28. The van der Waals surface area contributed by atoms with Crippen LogP contribution in [0.1, 0.15) is 20.8 Å². The Morgan fingerprint density at radius 1 is 1.50 bits per heavy atom. The molecular formula is C8H17NSi. The molecule has 0 aromatic heterocycles. The summed E-state index contributed by atoms with van der Waals surface area (Å²) in [6.07, 6.45) is 2.30. The summed E-state index contributed by atoms with van der Waals surface area (Å²) in [5.41, 5.74) is 1.43. The molecule has 0 atom stereocenters. The summed E-state index contributed by atoms with van der Waals surface area (Å²) in [6, 6.07) is 1.21. The molecule has 0 N–H and O–H groups in total. The molecule has 0 saturated heterocycles. The van der Waals surface area contributed by atoms with Gasteiger partial charge in [0.05, 0.1) is 0 Å². The maximum Gasteiger partial charge on any atom is 0.145 e. The molecule has 0 aliphatic carbocycles. The normalized spacial score (nSPS) is 10.1. The number of nitrogens with zero attached hydrogens (tertiary/aromatic N) is 1. The second-order valence-electron chi connectivity index (χ2n) is 2.66. The van der Waals surface area contributed by atoms with Crippen LogP contribution in [0.4, 0.5) is 0 Å². The van der Waals surface area contributed by atoms with Gasteiger partial charge < -0.3 is 4.57 Å². The molecule has 0 aromatic rings. The lowest BCUT2D eigenvalue weighted by Gasteiger charge is -2.09. The average Bonchev–Trinajstić information content (AvgIpc) is 1.87. The van der Waals surface area contributed by atoms with Gasteiger partial charge in [-0.05, 0) is 33.5 Å². The van der Waals surface area contributed by atoms with Gasteiger partial charge in [-0.25, -0.2) is 0 Å². The maximum absolute atomic E-state index is 2.35. The molecule has 0 rings (SSSR count). The summed E-state index contributed by atoms with van der Waals surface area (Å²) in [6.45, 7) is 7.65. The Morgan fingerprint density at radius 3 is 2.50 bits per heavy atom. The molecule has 0 aliphatic rings. The predicted octanol–water partition coefficient (Wildman–Crippen LogP) is 1.94. The third-order valence-electron chi connectivity index (χ3n) is 1.35. The van der Waals surface area contributed by atoms with Gasteiger partial charge in [0.15, 0.2) is 0 Å². The number of rotatable bonds is 4. The van der Waals surface area contributed by atoms with Gasteiger partial charge >= 0.3 is 0 Å². The van der Waals surface area contributed by atoms with Crippen LogP contribution in [-0.2, 0) is 0 Å². The Hall–Kier alpha value is -0.0831. The van der Waals surface area contributed by atoms with Crippen LogP contribution < -0.4 is 0 Å². The SMILES string of the molecule is CCN(C)[Si]CC=C(C)C. The molecule has 0 unspecified atom stereocenters. The zero-order chi connectivity index (χ0) is 7.98. The number of hydrogen-bond donors (Lipinski definition) is 0. The fraction of sp³-hybridized carbons (Fsp3) is 0.750. The molecule has 0 saturated carbocycles. The van der Waals surface area contributed by atoms with Crippen LogP contribution >= 0.6 is 0 Å². The van der Waals surface area contributed by atoms with Crippen molar-refractivity contribution in [2.24, 2.45) is 0 Å². The van der Waals surface area contributed by atoms with E-state index in [1.807, 2.05) is 0 Å². The van der Waals surface area contributed by atoms with E-state index in [0.717, 1.165) is 16.2 Å². The first-order valence-corrected chi connectivity index (χ1v) is 4.90. The number of allylic oxidation sites excluding steroid dienone is 2. The van der Waals surface area contributed by atoms with Crippen molar-refractivity contribution in [3.05, 3.63) is 11.6 Å². The van der Waals surface area contributed by atoms with Crippen molar-refractivity contribution in [3.8, 4) is 0 Å². The highest BCUT2D eigenvalue weighted by molar-refractivity contribution is 6.32. The standard InChI is InChI=1S/C8H17NSi/c1-5-9(4)10-7-6-8(2)3/h6H,5,7H2,1-4H3. The number of hydrogen-bond acceptors (Lipinski definition) is 1. The van der Waals surface area contributed by atoms with E-state index in [1.165, 1.54) is 11.6 Å². The van der Waals surface area contributed by atoms with Crippen molar-refractivity contribution in [1.29, 1.82) is 0 Å². The Labute approximate surface area is 67.0 Å². The molecular weight excluding hydrogens is 138 g/mol. The molecule has 10 heavy (non-hydrogen) atoms. The van der Waals surface area contributed by atoms with Gasteiger partial charge in [0.25, 0.3) is 0 Å². The smallest absolute Gasteiger partial charge is 0.145 e. The van der Waals surface area contributed by atoms with Crippen LogP contribution in [0.25, 0.3) is 0 Å². The summed E-state index contributed by atoms with van der Waals surface area (Å²) in [4.78, 5) is 0. The Bertz CT molecular complexity index is 106. The van der Waals surface area contributed by atoms with Gasteiger partial charge in [-0.15, -0.1) is 0 Å². The Morgan fingerprint density at radius 2 is 2.10 bits per heavy atom. The van der Waals surface area contributed by atoms with E-state index in [2.05, 4.69) is 38.5 Å². The summed E-state index contributed by atoms with van der Waals surface area (Å²) >= 11 is 0. The monoisotopic (exact) mass is 155 g/mol. The fourth-order valence-corrected chi connectivity index (χ4v) is 1.55. The molecule has 0 amide bonds. The fourth-order valence-electron chi connectivity index (χ4n) is 0.517. The van der Waals surface area contributed by atoms with E-state index >= 15 is 0 Å². The van der Waals surface area contributed by atoms with E-state index < -0.39 is 0 Å². The quantitative estimate of drug-likeness (QED) is 0.443. The van der Waals surface area contributed by atoms with E-state index in [1.54, 1.807) is 0 Å². The third-order valence-corrected chi connectivity index (χ3v) is 2.59. The van der Waals surface area contributed by atoms with E-state index in [9.17, 15) is 0 Å². The molecule has 58 valence electrons. The minimum Gasteiger partial charge on any atom is -0.328 e. The van der Waals surface area contributed by atoms with Crippen LogP contribution in [0.5, 0.6) is 0 Å². The maximum atomic E-state index is 2.35. The molecule has 2 heteroatoms. The van der Waals surface area contributed by atoms with E-state index in [4.69, 9.17) is 0 Å². The topological polar surface area (TPSA) is 3.24 Å². The van der Waals surface area contributed by atoms with Gasteiger partial charge in [-0.3, -0.25) is 0 Å². The van der Waals surface area contributed by atoms with Gasteiger partial charge in [0.1, 0.15) is 9.68 Å². The van der Waals surface area contributed by atoms with Crippen molar-refractivity contribution in [2.75, 3.05) is 13.6 Å². The minimum atomic E-state index is 0.956.